The van der Waals surface area contributed by atoms with Crippen LogP contribution in [0.1, 0.15) is 117 Å². The minimum Gasteiger partial charge on any atom is -0.431 e. The first-order valence-electron chi connectivity index (χ1n) is 10.6. The van der Waals surface area contributed by atoms with Crippen molar-refractivity contribution in [2.24, 2.45) is 5.92 Å². The van der Waals surface area contributed by atoms with Crippen LogP contribution in [0, 0.1) is 5.92 Å². The lowest BCUT2D eigenvalue weighted by molar-refractivity contribution is -0.139. The quantitative estimate of drug-likeness (QED) is 0.388. The molecule has 0 amide bonds. The van der Waals surface area contributed by atoms with Gasteiger partial charge in [0, 0.05) is 12.8 Å². The highest BCUT2D eigenvalue weighted by atomic mass is 16.5. The van der Waals surface area contributed by atoms with E-state index in [1.807, 2.05) is 0 Å². The average Bonchev–Trinajstić information content (AvgIpc) is 2.56. The zero-order valence-corrected chi connectivity index (χ0v) is 16.3. The highest BCUT2D eigenvalue weighted by Crippen LogP contribution is 2.21. The van der Waals surface area contributed by atoms with Crippen molar-refractivity contribution < 1.29 is 9.53 Å². The second-order valence-electron chi connectivity index (χ2n) is 7.62. The van der Waals surface area contributed by atoms with Crippen LogP contribution in [-0.2, 0) is 9.53 Å². The maximum atomic E-state index is 12.1. The van der Waals surface area contributed by atoms with Gasteiger partial charge in [0.15, 0.2) is 0 Å². The predicted octanol–water partition coefficient (Wildman–Crippen LogP) is 7.32. The molecule has 1 unspecified atom stereocenters. The average molecular weight is 337 g/mol. The Balaban J connectivity index is 2.49. The Morgan fingerprint density at radius 1 is 0.958 bits per heavy atom. The summed E-state index contributed by atoms with van der Waals surface area (Å²) in [5.41, 5.74) is 0. The topological polar surface area (TPSA) is 26.3 Å². The Bertz CT molecular complexity index is 346. The third kappa shape index (κ3) is 11.7. The monoisotopic (exact) mass is 336 g/mol. The fourth-order valence-electron chi connectivity index (χ4n) is 3.47. The molecule has 0 fully saturated rings. The van der Waals surface area contributed by atoms with Gasteiger partial charge >= 0.3 is 5.97 Å². The molecule has 2 heteroatoms. The number of unbranched alkanes of at least 4 members (excludes halogenated alkanes) is 2. The zero-order chi connectivity index (χ0) is 17.5. The number of hydrogen-bond donors (Lipinski definition) is 0. The van der Waals surface area contributed by atoms with E-state index in [4.69, 9.17) is 4.74 Å². The predicted molar refractivity (Wildman–Crippen MR) is 103 cm³/mol. The second kappa shape index (κ2) is 14.5. The SMILES string of the molecule is CCCCCC(=O)OC1=CC(C)CCCCCCCCCCCC1. The van der Waals surface area contributed by atoms with E-state index in [1.165, 1.54) is 64.2 Å². The molecule has 24 heavy (non-hydrogen) atoms. The molecule has 0 heterocycles. The second-order valence-corrected chi connectivity index (χ2v) is 7.62. The van der Waals surface area contributed by atoms with Crippen LogP contribution in [0.4, 0.5) is 0 Å². The van der Waals surface area contributed by atoms with Gasteiger partial charge in [-0.2, -0.15) is 0 Å². The summed E-state index contributed by atoms with van der Waals surface area (Å²) in [7, 11) is 0. The van der Waals surface area contributed by atoms with Crippen LogP contribution < -0.4 is 0 Å². The lowest BCUT2D eigenvalue weighted by atomic mass is 10.0. The van der Waals surface area contributed by atoms with E-state index in [1.54, 1.807) is 0 Å². The van der Waals surface area contributed by atoms with Crippen molar-refractivity contribution in [3.63, 3.8) is 0 Å². The highest BCUT2D eigenvalue weighted by Gasteiger charge is 2.10. The fourth-order valence-corrected chi connectivity index (χ4v) is 3.47. The number of esters is 1. The molecule has 0 aromatic rings. The lowest BCUT2D eigenvalue weighted by Crippen LogP contribution is -2.06. The Kier molecular flexibility index (Phi) is 12.9. The number of carbonyl (C=O) groups excluding carboxylic acids is 1. The molecule has 0 bridgehead atoms. The van der Waals surface area contributed by atoms with Gasteiger partial charge in [0.05, 0.1) is 0 Å². The summed E-state index contributed by atoms with van der Waals surface area (Å²) < 4.78 is 5.72. The zero-order valence-electron chi connectivity index (χ0n) is 16.3. The summed E-state index contributed by atoms with van der Waals surface area (Å²) in [5.74, 6) is 1.44. The maximum absolute atomic E-state index is 12.1. The number of carbonyl (C=O) groups is 1. The van der Waals surface area contributed by atoms with Crippen molar-refractivity contribution in [2.75, 3.05) is 0 Å². The van der Waals surface area contributed by atoms with Gasteiger partial charge in [-0.15, -0.1) is 0 Å². The van der Waals surface area contributed by atoms with Gasteiger partial charge < -0.3 is 4.74 Å². The summed E-state index contributed by atoms with van der Waals surface area (Å²) in [5, 5.41) is 0. The minimum absolute atomic E-state index is 0.0279. The van der Waals surface area contributed by atoms with Crippen molar-refractivity contribution in [2.45, 2.75) is 117 Å². The first-order valence-corrected chi connectivity index (χ1v) is 10.6. The molecule has 0 saturated carbocycles. The first kappa shape index (κ1) is 21.3. The van der Waals surface area contributed by atoms with Crippen molar-refractivity contribution in [1.29, 1.82) is 0 Å². The molecule has 0 aromatic carbocycles. The fraction of sp³-hybridized carbons (Fsp3) is 0.864. The van der Waals surface area contributed by atoms with Crippen LogP contribution in [0.15, 0.2) is 11.8 Å². The molecule has 2 nitrogen and oxygen atoms in total. The molecular formula is C22H40O2. The number of ether oxygens (including phenoxy) is 1. The summed E-state index contributed by atoms with van der Waals surface area (Å²) in [4.78, 5) is 12.1. The van der Waals surface area contributed by atoms with Gasteiger partial charge in [0.25, 0.3) is 0 Å². The smallest absolute Gasteiger partial charge is 0.310 e. The Morgan fingerprint density at radius 3 is 2.17 bits per heavy atom. The largest absolute Gasteiger partial charge is 0.431 e. The van der Waals surface area contributed by atoms with Gasteiger partial charge in [0.2, 0.25) is 0 Å². The van der Waals surface area contributed by atoms with E-state index in [-0.39, 0.29) is 5.97 Å². The van der Waals surface area contributed by atoms with E-state index in [9.17, 15) is 4.79 Å². The molecule has 0 spiro atoms. The van der Waals surface area contributed by atoms with Crippen LogP contribution in [0.25, 0.3) is 0 Å². The van der Waals surface area contributed by atoms with E-state index >= 15 is 0 Å². The lowest BCUT2D eigenvalue weighted by Gasteiger charge is -2.12. The molecule has 1 aliphatic rings. The summed E-state index contributed by atoms with van der Waals surface area (Å²) in [6.07, 6.45) is 21.5. The number of allylic oxidation sites excluding steroid dienone is 2. The van der Waals surface area contributed by atoms with Crippen LogP contribution in [0.3, 0.4) is 0 Å². The van der Waals surface area contributed by atoms with E-state index in [0.717, 1.165) is 37.9 Å². The summed E-state index contributed by atoms with van der Waals surface area (Å²) in [6, 6.07) is 0. The molecule has 0 N–H and O–H groups in total. The Morgan fingerprint density at radius 2 is 1.54 bits per heavy atom. The van der Waals surface area contributed by atoms with Crippen molar-refractivity contribution in [3.05, 3.63) is 11.8 Å². The third-order valence-electron chi connectivity index (χ3n) is 5.03. The molecule has 1 rings (SSSR count). The number of hydrogen-bond acceptors (Lipinski definition) is 2. The molecule has 0 radical (unpaired) electrons. The Hall–Kier alpha value is -0.790. The molecule has 1 aliphatic carbocycles. The molecule has 1 atom stereocenters. The van der Waals surface area contributed by atoms with Crippen LogP contribution in [0.5, 0.6) is 0 Å². The third-order valence-corrected chi connectivity index (χ3v) is 5.03. The van der Waals surface area contributed by atoms with Crippen LogP contribution >= 0.6 is 0 Å². The van der Waals surface area contributed by atoms with Gasteiger partial charge in [-0.05, 0) is 31.3 Å². The van der Waals surface area contributed by atoms with Crippen molar-refractivity contribution in [1.82, 2.24) is 0 Å². The molecule has 140 valence electrons. The summed E-state index contributed by atoms with van der Waals surface area (Å²) >= 11 is 0. The normalized spacial score (nSPS) is 22.1. The first-order chi connectivity index (χ1) is 11.7. The number of rotatable bonds is 5. The maximum Gasteiger partial charge on any atom is 0.310 e. The van der Waals surface area contributed by atoms with Crippen LogP contribution in [-0.4, -0.2) is 5.97 Å². The van der Waals surface area contributed by atoms with Crippen molar-refractivity contribution >= 4 is 5.97 Å². The molecule has 0 aromatic heterocycles. The molecule has 0 aliphatic heterocycles. The van der Waals surface area contributed by atoms with Gasteiger partial charge in [-0.3, -0.25) is 4.79 Å². The van der Waals surface area contributed by atoms with Gasteiger partial charge in [-0.25, -0.2) is 0 Å². The van der Waals surface area contributed by atoms with Gasteiger partial charge in [-0.1, -0.05) is 84.5 Å². The van der Waals surface area contributed by atoms with Crippen molar-refractivity contribution in [3.8, 4) is 0 Å². The standard InChI is InChI=1S/C22H40O2/c1-3-4-13-18-22(23)24-21-17-15-12-10-8-6-5-7-9-11-14-16-20(2)19-21/h19-20H,3-18H2,1-2H3. The molecule has 0 saturated heterocycles. The van der Waals surface area contributed by atoms with E-state index < -0.39 is 0 Å². The summed E-state index contributed by atoms with van der Waals surface area (Å²) in [6.45, 7) is 4.43. The highest BCUT2D eigenvalue weighted by molar-refractivity contribution is 5.70. The molecular weight excluding hydrogens is 296 g/mol. The van der Waals surface area contributed by atoms with Crippen LogP contribution in [0.2, 0.25) is 0 Å². The minimum atomic E-state index is -0.0279. The van der Waals surface area contributed by atoms with E-state index in [2.05, 4.69) is 19.9 Å². The Labute approximate surface area is 150 Å². The van der Waals surface area contributed by atoms with E-state index in [0.29, 0.717) is 12.3 Å². The van der Waals surface area contributed by atoms with Gasteiger partial charge in [0.1, 0.15) is 5.76 Å².